The molecule has 192 valence electrons. The summed E-state index contributed by atoms with van der Waals surface area (Å²) in [6, 6.07) is 14.4. The minimum Gasteiger partial charge on any atom is -0.489 e. The van der Waals surface area contributed by atoms with Crippen molar-refractivity contribution in [3.8, 4) is 5.75 Å². The van der Waals surface area contributed by atoms with Crippen molar-refractivity contribution in [2.45, 2.75) is 45.3 Å². The topological polar surface area (TPSA) is 57.3 Å². The Hall–Kier alpha value is -2.55. The molecule has 0 aromatic heterocycles. The summed E-state index contributed by atoms with van der Waals surface area (Å²) in [5, 5.41) is 0. The minimum absolute atomic E-state index is 0.0433. The third-order valence-corrected chi connectivity index (χ3v) is 7.55. The maximum absolute atomic E-state index is 13.4. The molecule has 1 atom stereocenters. The van der Waals surface area contributed by atoms with Gasteiger partial charge in [0.05, 0.1) is 11.8 Å². The lowest BCUT2D eigenvalue weighted by Gasteiger charge is -2.37. The van der Waals surface area contributed by atoms with Crippen molar-refractivity contribution >= 4 is 33.2 Å². The summed E-state index contributed by atoms with van der Waals surface area (Å²) < 4.78 is 7.05. The Morgan fingerprint density at radius 2 is 1.89 bits per heavy atom. The Morgan fingerprint density at radius 1 is 1.14 bits per heavy atom. The lowest BCUT2D eigenvalue weighted by Crippen LogP contribution is -2.48. The van der Waals surface area contributed by atoms with Gasteiger partial charge < -0.3 is 14.5 Å². The number of piperazine rings is 1. The predicted molar refractivity (Wildman–Crippen MR) is 146 cm³/mol. The van der Waals surface area contributed by atoms with Gasteiger partial charge in [-0.25, -0.2) is 0 Å². The smallest absolute Gasteiger partial charge is 0.276 e. The van der Waals surface area contributed by atoms with Crippen molar-refractivity contribution in [2.75, 3.05) is 49.1 Å². The summed E-state index contributed by atoms with van der Waals surface area (Å²) in [6.45, 7) is 13.5. The number of para-hydroxylation sites is 2. The number of carbonyl (C=O) groups excluding carboxylic acids is 1. The second-order valence-electron chi connectivity index (χ2n) is 10.7. The second kappa shape index (κ2) is 10.1. The van der Waals surface area contributed by atoms with E-state index in [0.29, 0.717) is 12.2 Å². The number of benzene rings is 2. The molecule has 0 radical (unpaired) electrons. The van der Waals surface area contributed by atoms with E-state index in [4.69, 9.17) is 9.57 Å². The van der Waals surface area contributed by atoms with Crippen LogP contribution >= 0.6 is 15.9 Å². The third kappa shape index (κ3) is 5.12. The minimum atomic E-state index is -0.160. The van der Waals surface area contributed by atoms with Crippen LogP contribution in [0.3, 0.4) is 0 Å². The van der Waals surface area contributed by atoms with E-state index in [0.717, 1.165) is 54.3 Å². The van der Waals surface area contributed by atoms with Crippen LogP contribution in [-0.2, 0) is 15.0 Å². The Kier molecular flexibility index (Phi) is 7.03. The molecule has 0 saturated carbocycles. The van der Waals surface area contributed by atoms with E-state index in [1.807, 2.05) is 35.2 Å². The number of nitrogens with one attached hydrogen (secondary N) is 1. The number of halogens is 1. The summed E-state index contributed by atoms with van der Waals surface area (Å²) in [5.41, 5.74) is 6.62. The average Bonchev–Trinajstić information content (AvgIpc) is 3.41. The van der Waals surface area contributed by atoms with Crippen LogP contribution in [0.1, 0.15) is 33.3 Å². The van der Waals surface area contributed by atoms with E-state index >= 15 is 0 Å². The van der Waals surface area contributed by atoms with E-state index in [9.17, 15) is 4.79 Å². The summed E-state index contributed by atoms with van der Waals surface area (Å²) in [4.78, 5) is 25.9. The number of rotatable bonds is 6. The summed E-state index contributed by atoms with van der Waals surface area (Å²) in [5.74, 6) is 0.896. The number of carbonyl (C=O) groups is 1. The van der Waals surface area contributed by atoms with Gasteiger partial charge in [0.25, 0.3) is 5.91 Å². The Bertz CT molecular complexity index is 1160. The van der Waals surface area contributed by atoms with Gasteiger partial charge in [0.1, 0.15) is 17.6 Å². The predicted octanol–water partition coefficient (Wildman–Crippen LogP) is 4.47. The highest BCUT2D eigenvalue weighted by molar-refractivity contribution is 9.10. The second-order valence-corrected chi connectivity index (χ2v) is 11.6. The quantitative estimate of drug-likeness (QED) is 0.568. The number of nitrogens with zero attached hydrogens (tertiary/aromatic N) is 3. The van der Waals surface area contributed by atoms with Crippen molar-refractivity contribution in [3.05, 3.63) is 64.3 Å². The fourth-order valence-corrected chi connectivity index (χ4v) is 5.63. The number of anilines is 2. The first-order valence-electron chi connectivity index (χ1n) is 12.7. The fourth-order valence-electron chi connectivity index (χ4n) is 5.27. The molecule has 2 aromatic rings. The molecule has 8 heteroatoms. The van der Waals surface area contributed by atoms with Crippen molar-refractivity contribution in [1.82, 2.24) is 10.4 Å². The first-order chi connectivity index (χ1) is 17.2. The van der Waals surface area contributed by atoms with Crippen LogP contribution < -0.4 is 20.0 Å². The van der Waals surface area contributed by atoms with Gasteiger partial charge in [-0.1, -0.05) is 41.9 Å². The number of ether oxygens (including phenoxy) is 1. The van der Waals surface area contributed by atoms with Gasteiger partial charge in [0.15, 0.2) is 0 Å². The van der Waals surface area contributed by atoms with Crippen LogP contribution in [0.15, 0.2) is 58.7 Å². The Labute approximate surface area is 222 Å². The molecule has 1 fully saturated rings. The number of amides is 1. The van der Waals surface area contributed by atoms with Crippen LogP contribution in [0.25, 0.3) is 0 Å². The molecule has 1 N–H and O–H groups in total. The Morgan fingerprint density at radius 3 is 2.64 bits per heavy atom. The van der Waals surface area contributed by atoms with Crippen LogP contribution in [0.5, 0.6) is 5.75 Å². The molecule has 36 heavy (non-hydrogen) atoms. The summed E-state index contributed by atoms with van der Waals surface area (Å²) in [7, 11) is 0. The number of hydrogen-bond donors (Lipinski definition) is 1. The van der Waals surface area contributed by atoms with Gasteiger partial charge in [-0.3, -0.25) is 20.0 Å². The lowest BCUT2D eigenvalue weighted by atomic mass is 9.87. The molecular weight excluding hydrogens is 520 g/mol. The third-order valence-electron chi connectivity index (χ3n) is 7.06. The van der Waals surface area contributed by atoms with Crippen LogP contribution in [0, 0.1) is 0 Å². The Balaban J connectivity index is 1.19. The molecule has 1 amide bonds. The number of fused-ring (bicyclic) bond motifs is 1. The highest BCUT2D eigenvalue weighted by Gasteiger charge is 2.40. The molecule has 3 aliphatic heterocycles. The fraction of sp³-hybridized carbons (Fsp3) is 0.464. The number of hydrogen-bond acceptors (Lipinski definition) is 6. The largest absolute Gasteiger partial charge is 0.489 e. The zero-order chi connectivity index (χ0) is 25.4. The van der Waals surface area contributed by atoms with Gasteiger partial charge in [-0.05, 0) is 55.8 Å². The van der Waals surface area contributed by atoms with E-state index in [1.54, 1.807) is 0 Å². The van der Waals surface area contributed by atoms with Crippen molar-refractivity contribution < 1.29 is 14.4 Å². The van der Waals surface area contributed by atoms with Crippen LogP contribution in [0.2, 0.25) is 0 Å². The summed E-state index contributed by atoms with van der Waals surface area (Å²) in [6.07, 6.45) is 1.92. The van der Waals surface area contributed by atoms with Crippen LogP contribution in [-0.4, -0.2) is 62.3 Å². The zero-order valence-corrected chi connectivity index (χ0v) is 23.0. The van der Waals surface area contributed by atoms with Crippen molar-refractivity contribution in [1.29, 1.82) is 0 Å². The molecule has 0 bridgehead atoms. The van der Waals surface area contributed by atoms with Gasteiger partial charge >= 0.3 is 0 Å². The molecular formula is C28H35BrN4O3. The SMILES string of the molecule is CC(C)Oc1ccccc1N1CCN(C[C@H]2C=C(C(=O)N3CC(C)(C)c4cc(Br)ccc43)NO2)CC1. The van der Waals surface area contributed by atoms with Crippen LogP contribution in [0.4, 0.5) is 11.4 Å². The standard InChI is InChI=1S/C28H35BrN4O3/c1-19(2)35-26-8-6-5-7-25(26)32-13-11-31(12-14-32)17-21-16-23(30-36-21)27(34)33-18-28(3,4)22-15-20(29)9-10-24(22)33/h5-10,15-16,19,21,30H,11-14,17-18H2,1-4H3/t21-/m1/s1. The molecule has 7 nitrogen and oxygen atoms in total. The van der Waals surface area contributed by atoms with Crippen molar-refractivity contribution in [2.24, 2.45) is 0 Å². The van der Waals surface area contributed by atoms with Gasteiger partial charge in [0.2, 0.25) is 0 Å². The zero-order valence-electron chi connectivity index (χ0n) is 21.5. The molecule has 3 heterocycles. The molecule has 0 unspecified atom stereocenters. The van der Waals surface area contributed by atoms with Gasteiger partial charge in [-0.15, -0.1) is 0 Å². The molecule has 1 saturated heterocycles. The highest BCUT2D eigenvalue weighted by atomic mass is 79.9. The summed E-state index contributed by atoms with van der Waals surface area (Å²) >= 11 is 3.56. The number of hydroxylamine groups is 1. The van der Waals surface area contributed by atoms with E-state index < -0.39 is 0 Å². The van der Waals surface area contributed by atoms with E-state index in [2.05, 4.69) is 77.1 Å². The molecule has 2 aromatic carbocycles. The van der Waals surface area contributed by atoms with E-state index in [1.165, 1.54) is 5.56 Å². The normalized spacial score (nSPS) is 21.4. The molecule has 0 spiro atoms. The lowest BCUT2D eigenvalue weighted by molar-refractivity contribution is -0.116. The molecule has 0 aliphatic carbocycles. The van der Waals surface area contributed by atoms with E-state index in [-0.39, 0.29) is 23.5 Å². The average molecular weight is 556 g/mol. The first-order valence-corrected chi connectivity index (χ1v) is 13.5. The monoisotopic (exact) mass is 554 g/mol. The van der Waals surface area contributed by atoms with Gasteiger partial charge in [-0.2, -0.15) is 0 Å². The molecule has 5 rings (SSSR count). The highest BCUT2D eigenvalue weighted by Crippen LogP contribution is 2.42. The molecule has 3 aliphatic rings. The first kappa shape index (κ1) is 25.1. The maximum atomic E-state index is 13.4. The van der Waals surface area contributed by atoms with Gasteiger partial charge in [0, 0.05) is 54.8 Å². The van der Waals surface area contributed by atoms with Crippen molar-refractivity contribution in [3.63, 3.8) is 0 Å². The maximum Gasteiger partial charge on any atom is 0.276 e.